The second kappa shape index (κ2) is 5.55. The molecular formula is C15H18N2O2. The van der Waals surface area contributed by atoms with Crippen molar-refractivity contribution < 1.29 is 4.74 Å². The number of nitrogens with one attached hydrogen (secondary N) is 2. The van der Waals surface area contributed by atoms with Crippen LogP contribution in [-0.4, -0.2) is 24.2 Å². The number of benzene rings is 1. The summed E-state index contributed by atoms with van der Waals surface area (Å²) in [5.41, 5.74) is 1.64. The van der Waals surface area contributed by atoms with Crippen molar-refractivity contribution in [3.05, 3.63) is 46.2 Å². The number of para-hydroxylation sites is 1. The Kier molecular flexibility index (Phi) is 3.62. The molecule has 2 heterocycles. The van der Waals surface area contributed by atoms with Crippen molar-refractivity contribution in [1.29, 1.82) is 0 Å². The largest absolute Gasteiger partial charge is 0.377 e. The molecule has 1 atom stereocenters. The summed E-state index contributed by atoms with van der Waals surface area (Å²) in [6.07, 6.45) is 2.56. The van der Waals surface area contributed by atoms with Crippen LogP contribution in [0.2, 0.25) is 0 Å². The van der Waals surface area contributed by atoms with E-state index in [1.807, 2.05) is 30.3 Å². The van der Waals surface area contributed by atoms with E-state index in [1.165, 1.54) is 0 Å². The lowest BCUT2D eigenvalue weighted by molar-refractivity contribution is 0.110. The van der Waals surface area contributed by atoms with Gasteiger partial charge < -0.3 is 15.0 Å². The molecule has 0 saturated carbocycles. The van der Waals surface area contributed by atoms with Gasteiger partial charge in [-0.3, -0.25) is 4.79 Å². The number of H-pyrrole nitrogens is 1. The summed E-state index contributed by atoms with van der Waals surface area (Å²) in [6, 6.07) is 9.78. The van der Waals surface area contributed by atoms with E-state index in [0.717, 1.165) is 42.5 Å². The number of fused-ring (bicyclic) bond motifs is 1. The van der Waals surface area contributed by atoms with E-state index in [1.54, 1.807) is 0 Å². The number of aromatic nitrogens is 1. The molecular weight excluding hydrogens is 240 g/mol. The Bertz CT molecular complexity index is 615. The highest BCUT2D eigenvalue weighted by Gasteiger charge is 2.14. The molecule has 0 aliphatic carbocycles. The lowest BCUT2D eigenvalue weighted by Gasteiger charge is -2.10. The molecule has 2 N–H and O–H groups in total. The molecule has 4 nitrogen and oxygen atoms in total. The SMILES string of the molecule is O=c1[nH]c2ccccc2cc1CNCC1CCCO1. The van der Waals surface area contributed by atoms with Crippen LogP contribution >= 0.6 is 0 Å². The summed E-state index contributed by atoms with van der Waals surface area (Å²) in [7, 11) is 0. The van der Waals surface area contributed by atoms with Crippen molar-refractivity contribution in [1.82, 2.24) is 10.3 Å². The van der Waals surface area contributed by atoms with Crippen LogP contribution in [0, 0.1) is 0 Å². The second-order valence-corrected chi connectivity index (χ2v) is 4.98. The summed E-state index contributed by atoms with van der Waals surface area (Å²) in [6.45, 7) is 2.26. The van der Waals surface area contributed by atoms with Crippen LogP contribution < -0.4 is 10.9 Å². The number of rotatable bonds is 4. The van der Waals surface area contributed by atoms with Gasteiger partial charge in [0.05, 0.1) is 6.10 Å². The topological polar surface area (TPSA) is 54.1 Å². The van der Waals surface area contributed by atoms with Crippen LogP contribution in [0.15, 0.2) is 35.1 Å². The van der Waals surface area contributed by atoms with Gasteiger partial charge in [-0.25, -0.2) is 0 Å². The summed E-state index contributed by atoms with van der Waals surface area (Å²) >= 11 is 0. The van der Waals surface area contributed by atoms with Gasteiger partial charge in [0.15, 0.2) is 0 Å². The van der Waals surface area contributed by atoms with Gasteiger partial charge in [0.25, 0.3) is 5.56 Å². The number of aromatic amines is 1. The molecule has 1 fully saturated rings. The molecule has 1 aromatic carbocycles. The molecule has 0 amide bonds. The van der Waals surface area contributed by atoms with E-state index in [4.69, 9.17) is 4.74 Å². The Morgan fingerprint density at radius 1 is 1.37 bits per heavy atom. The van der Waals surface area contributed by atoms with Gasteiger partial charge in [-0.1, -0.05) is 18.2 Å². The van der Waals surface area contributed by atoms with Crippen molar-refractivity contribution in [3.8, 4) is 0 Å². The van der Waals surface area contributed by atoms with Crippen molar-refractivity contribution in [2.45, 2.75) is 25.5 Å². The van der Waals surface area contributed by atoms with Crippen molar-refractivity contribution in [3.63, 3.8) is 0 Å². The predicted molar refractivity (Wildman–Crippen MR) is 75.2 cm³/mol. The number of pyridine rings is 1. The Balaban J connectivity index is 1.69. The van der Waals surface area contributed by atoms with Crippen LogP contribution in [0.3, 0.4) is 0 Å². The molecule has 1 aliphatic rings. The quantitative estimate of drug-likeness (QED) is 0.879. The number of hydrogen-bond donors (Lipinski definition) is 2. The van der Waals surface area contributed by atoms with E-state index in [-0.39, 0.29) is 5.56 Å². The first kappa shape index (κ1) is 12.4. The predicted octanol–water partition coefficient (Wildman–Crippen LogP) is 1.80. The lowest BCUT2D eigenvalue weighted by Crippen LogP contribution is -2.28. The summed E-state index contributed by atoms with van der Waals surface area (Å²) in [5, 5.41) is 4.37. The summed E-state index contributed by atoms with van der Waals surface area (Å²) in [5.74, 6) is 0. The van der Waals surface area contributed by atoms with E-state index < -0.39 is 0 Å². The minimum atomic E-state index is -0.0152. The van der Waals surface area contributed by atoms with E-state index in [2.05, 4.69) is 10.3 Å². The molecule has 2 aromatic rings. The van der Waals surface area contributed by atoms with Crippen LogP contribution in [0.4, 0.5) is 0 Å². The van der Waals surface area contributed by atoms with E-state index in [0.29, 0.717) is 12.6 Å². The average Bonchev–Trinajstić information content (AvgIpc) is 2.92. The maximum atomic E-state index is 11.9. The third-order valence-corrected chi connectivity index (χ3v) is 3.54. The van der Waals surface area contributed by atoms with Gasteiger partial charge >= 0.3 is 0 Å². The fourth-order valence-corrected chi connectivity index (χ4v) is 2.50. The molecule has 0 bridgehead atoms. The van der Waals surface area contributed by atoms with Gasteiger partial charge in [-0.05, 0) is 30.4 Å². The van der Waals surface area contributed by atoms with Gasteiger partial charge in [-0.2, -0.15) is 0 Å². The second-order valence-electron chi connectivity index (χ2n) is 4.98. The molecule has 19 heavy (non-hydrogen) atoms. The highest BCUT2D eigenvalue weighted by Crippen LogP contribution is 2.12. The monoisotopic (exact) mass is 258 g/mol. The molecule has 1 unspecified atom stereocenters. The maximum Gasteiger partial charge on any atom is 0.252 e. The molecule has 0 spiro atoms. The molecule has 1 aromatic heterocycles. The van der Waals surface area contributed by atoms with Crippen LogP contribution in [0.25, 0.3) is 10.9 Å². The first-order valence-corrected chi connectivity index (χ1v) is 6.76. The molecule has 1 saturated heterocycles. The normalized spacial score (nSPS) is 19.1. The highest BCUT2D eigenvalue weighted by atomic mass is 16.5. The molecule has 100 valence electrons. The van der Waals surface area contributed by atoms with Gasteiger partial charge in [0.1, 0.15) is 0 Å². The summed E-state index contributed by atoms with van der Waals surface area (Å²) in [4.78, 5) is 14.8. The fourth-order valence-electron chi connectivity index (χ4n) is 2.50. The van der Waals surface area contributed by atoms with E-state index in [9.17, 15) is 4.79 Å². The third-order valence-electron chi connectivity index (χ3n) is 3.54. The number of hydrogen-bond acceptors (Lipinski definition) is 3. The first-order chi connectivity index (χ1) is 9.33. The lowest BCUT2D eigenvalue weighted by atomic mass is 10.1. The van der Waals surface area contributed by atoms with E-state index >= 15 is 0 Å². The fraction of sp³-hybridized carbons (Fsp3) is 0.400. The average molecular weight is 258 g/mol. The standard InChI is InChI=1S/C15H18N2O2/c18-15-12(9-16-10-13-5-3-7-19-13)8-11-4-1-2-6-14(11)17-15/h1-2,4,6,8,13,16H,3,5,7,9-10H2,(H,17,18). The Morgan fingerprint density at radius 2 is 2.26 bits per heavy atom. The number of ether oxygens (including phenoxy) is 1. The van der Waals surface area contributed by atoms with Crippen molar-refractivity contribution in [2.24, 2.45) is 0 Å². The van der Waals surface area contributed by atoms with Gasteiger partial charge in [0, 0.05) is 30.8 Å². The molecule has 1 aliphatic heterocycles. The van der Waals surface area contributed by atoms with Crippen LogP contribution in [0.1, 0.15) is 18.4 Å². The van der Waals surface area contributed by atoms with Crippen molar-refractivity contribution in [2.75, 3.05) is 13.2 Å². The van der Waals surface area contributed by atoms with Gasteiger partial charge in [-0.15, -0.1) is 0 Å². The maximum absolute atomic E-state index is 11.9. The highest BCUT2D eigenvalue weighted by molar-refractivity contribution is 5.78. The minimum Gasteiger partial charge on any atom is -0.377 e. The van der Waals surface area contributed by atoms with Crippen LogP contribution in [-0.2, 0) is 11.3 Å². The van der Waals surface area contributed by atoms with Crippen molar-refractivity contribution >= 4 is 10.9 Å². The molecule has 3 rings (SSSR count). The minimum absolute atomic E-state index is 0.0152. The zero-order chi connectivity index (χ0) is 13.1. The Morgan fingerprint density at radius 3 is 3.11 bits per heavy atom. The Hall–Kier alpha value is -1.65. The third kappa shape index (κ3) is 2.85. The smallest absolute Gasteiger partial charge is 0.252 e. The first-order valence-electron chi connectivity index (χ1n) is 6.76. The summed E-state index contributed by atoms with van der Waals surface area (Å²) < 4.78 is 5.54. The Labute approximate surface area is 111 Å². The van der Waals surface area contributed by atoms with Gasteiger partial charge in [0.2, 0.25) is 0 Å². The van der Waals surface area contributed by atoms with Crippen LogP contribution in [0.5, 0.6) is 0 Å². The molecule has 4 heteroatoms. The zero-order valence-corrected chi connectivity index (χ0v) is 10.8. The molecule has 0 radical (unpaired) electrons. The zero-order valence-electron chi connectivity index (χ0n) is 10.8.